The van der Waals surface area contributed by atoms with Gasteiger partial charge in [-0.05, 0) is 22.0 Å². The molecule has 4 heteroatoms. The molecule has 1 N–H and O–H groups in total. The molecule has 2 rings (SSSR count). The van der Waals surface area contributed by atoms with Crippen LogP contribution in [0.3, 0.4) is 0 Å². The molecule has 0 aromatic carbocycles. The number of nitrogens with zero attached hydrogens (tertiary/aromatic N) is 1. The number of pyridine rings is 1. The predicted molar refractivity (Wildman–Crippen MR) is 53.4 cm³/mol. The molecule has 0 saturated carbocycles. The van der Waals surface area contributed by atoms with E-state index in [2.05, 4.69) is 25.9 Å². The maximum Gasteiger partial charge on any atom is 0.0654 e. The lowest BCUT2D eigenvalue weighted by molar-refractivity contribution is 1.24. The summed E-state index contributed by atoms with van der Waals surface area (Å²) < 4.78 is 0.993. The van der Waals surface area contributed by atoms with Crippen LogP contribution in [-0.4, -0.2) is 9.97 Å². The van der Waals surface area contributed by atoms with Gasteiger partial charge in [-0.15, -0.1) is 11.6 Å². The average molecular weight is 246 g/mol. The minimum Gasteiger partial charge on any atom is -0.356 e. The lowest BCUT2D eigenvalue weighted by Crippen LogP contribution is -1.74. The molecule has 0 amide bonds. The zero-order chi connectivity index (χ0) is 8.55. The van der Waals surface area contributed by atoms with E-state index < -0.39 is 0 Å². The normalized spacial score (nSPS) is 10.8. The van der Waals surface area contributed by atoms with Crippen LogP contribution in [0.5, 0.6) is 0 Å². The lowest BCUT2D eigenvalue weighted by Gasteiger charge is -1.89. The van der Waals surface area contributed by atoms with Crippen molar-refractivity contribution in [1.29, 1.82) is 0 Å². The molecule has 0 unspecified atom stereocenters. The molecule has 0 saturated heterocycles. The van der Waals surface area contributed by atoms with Crippen molar-refractivity contribution in [2.45, 2.75) is 5.88 Å². The molecular weight excluding hydrogens is 239 g/mol. The highest BCUT2D eigenvalue weighted by molar-refractivity contribution is 9.10. The highest BCUT2D eigenvalue weighted by Gasteiger charge is 2.02. The first kappa shape index (κ1) is 8.08. The maximum atomic E-state index is 5.68. The summed E-state index contributed by atoms with van der Waals surface area (Å²) in [5, 5.41) is 1.13. The van der Waals surface area contributed by atoms with Gasteiger partial charge >= 0.3 is 0 Å². The fourth-order valence-electron chi connectivity index (χ4n) is 1.15. The van der Waals surface area contributed by atoms with Crippen LogP contribution in [0, 0.1) is 0 Å². The molecule has 62 valence electrons. The Morgan fingerprint density at radius 1 is 1.50 bits per heavy atom. The van der Waals surface area contributed by atoms with Crippen LogP contribution in [0.25, 0.3) is 10.9 Å². The third-order valence-electron chi connectivity index (χ3n) is 1.70. The monoisotopic (exact) mass is 244 g/mol. The lowest BCUT2D eigenvalue weighted by atomic mass is 10.3. The van der Waals surface area contributed by atoms with Gasteiger partial charge in [-0.3, -0.25) is 4.98 Å². The summed E-state index contributed by atoms with van der Waals surface area (Å²) >= 11 is 9.10. The third-order valence-corrected chi connectivity index (χ3v) is 2.62. The van der Waals surface area contributed by atoms with E-state index in [4.69, 9.17) is 11.6 Å². The van der Waals surface area contributed by atoms with Gasteiger partial charge in [0.05, 0.1) is 17.6 Å². The summed E-state index contributed by atoms with van der Waals surface area (Å²) in [6.45, 7) is 0. The molecule has 2 nitrogen and oxygen atoms in total. The highest BCUT2D eigenvalue weighted by atomic mass is 79.9. The Balaban J connectivity index is 2.74. The summed E-state index contributed by atoms with van der Waals surface area (Å²) in [5.74, 6) is 0.501. The number of aromatic nitrogens is 2. The fraction of sp³-hybridized carbons (Fsp3) is 0.125. The van der Waals surface area contributed by atoms with E-state index in [0.717, 1.165) is 21.1 Å². The number of hydrogen-bond acceptors (Lipinski definition) is 1. The summed E-state index contributed by atoms with van der Waals surface area (Å²) in [6, 6.07) is 2.02. The first-order valence-electron chi connectivity index (χ1n) is 3.48. The molecule has 0 atom stereocenters. The van der Waals surface area contributed by atoms with Crippen molar-refractivity contribution in [3.63, 3.8) is 0 Å². The van der Waals surface area contributed by atoms with Gasteiger partial charge in [0.15, 0.2) is 0 Å². The van der Waals surface area contributed by atoms with E-state index in [9.17, 15) is 0 Å². The number of fused-ring (bicyclic) bond motifs is 1. The van der Waals surface area contributed by atoms with Crippen LogP contribution in [-0.2, 0) is 5.88 Å². The summed E-state index contributed by atoms with van der Waals surface area (Å²) in [7, 11) is 0. The molecular formula is C8H6BrClN2. The number of alkyl halides is 1. The van der Waals surface area contributed by atoms with Crippen molar-refractivity contribution in [3.8, 4) is 0 Å². The molecule has 0 spiro atoms. The van der Waals surface area contributed by atoms with Gasteiger partial charge < -0.3 is 4.98 Å². The molecule has 0 radical (unpaired) electrons. The van der Waals surface area contributed by atoms with Gasteiger partial charge in [-0.1, -0.05) is 0 Å². The number of H-pyrrole nitrogens is 1. The largest absolute Gasteiger partial charge is 0.356 e. The second-order valence-corrected chi connectivity index (χ2v) is 3.63. The van der Waals surface area contributed by atoms with Gasteiger partial charge in [0.2, 0.25) is 0 Å². The van der Waals surface area contributed by atoms with E-state index in [1.807, 2.05) is 6.07 Å². The molecule has 0 aliphatic heterocycles. The van der Waals surface area contributed by atoms with Crippen LogP contribution in [0.1, 0.15) is 5.69 Å². The van der Waals surface area contributed by atoms with Crippen molar-refractivity contribution >= 4 is 38.4 Å². The second kappa shape index (κ2) is 3.07. The number of aromatic amines is 1. The molecule has 0 aliphatic carbocycles. The Morgan fingerprint density at radius 2 is 2.33 bits per heavy atom. The average Bonchev–Trinajstić information content (AvgIpc) is 2.49. The Morgan fingerprint density at radius 3 is 3.00 bits per heavy atom. The second-order valence-electron chi connectivity index (χ2n) is 2.51. The van der Waals surface area contributed by atoms with Crippen molar-refractivity contribution < 1.29 is 0 Å². The quantitative estimate of drug-likeness (QED) is 0.769. The fourth-order valence-corrected chi connectivity index (χ4v) is 1.74. The number of nitrogens with one attached hydrogen (secondary N) is 1. The van der Waals surface area contributed by atoms with Crippen molar-refractivity contribution in [2.24, 2.45) is 0 Å². The molecule has 0 fully saturated rings. The Labute approximate surface area is 83.1 Å². The van der Waals surface area contributed by atoms with E-state index in [0.29, 0.717) is 5.88 Å². The topological polar surface area (TPSA) is 28.7 Å². The Hall–Kier alpha value is -0.540. The first-order chi connectivity index (χ1) is 5.81. The van der Waals surface area contributed by atoms with Crippen LogP contribution in [0.15, 0.2) is 22.9 Å². The Bertz CT molecular complexity index is 410. The van der Waals surface area contributed by atoms with Crippen molar-refractivity contribution in [3.05, 3.63) is 28.6 Å². The zero-order valence-corrected chi connectivity index (χ0v) is 8.48. The van der Waals surface area contributed by atoms with Crippen molar-refractivity contribution in [1.82, 2.24) is 9.97 Å². The minimum absolute atomic E-state index is 0.501. The van der Waals surface area contributed by atoms with Crippen LogP contribution in [0.2, 0.25) is 0 Å². The maximum absolute atomic E-state index is 5.68. The third kappa shape index (κ3) is 1.23. The smallest absolute Gasteiger partial charge is 0.0654 e. The van der Waals surface area contributed by atoms with Gasteiger partial charge in [-0.2, -0.15) is 0 Å². The SMILES string of the molecule is ClCc1cc2c(Br)cncc2[nH]1. The predicted octanol–water partition coefficient (Wildman–Crippen LogP) is 3.06. The minimum atomic E-state index is 0.501. The summed E-state index contributed by atoms with van der Waals surface area (Å²) in [5.41, 5.74) is 2.03. The highest BCUT2D eigenvalue weighted by Crippen LogP contribution is 2.23. The van der Waals surface area contributed by atoms with E-state index in [-0.39, 0.29) is 0 Å². The standard InChI is InChI=1S/C8H6BrClN2/c9-7-3-11-4-8-6(7)1-5(2-10)12-8/h1,3-4,12H,2H2. The summed E-state index contributed by atoms with van der Waals surface area (Å²) in [4.78, 5) is 7.20. The van der Waals surface area contributed by atoms with Gasteiger partial charge in [-0.25, -0.2) is 0 Å². The van der Waals surface area contributed by atoms with Crippen LogP contribution in [0.4, 0.5) is 0 Å². The van der Waals surface area contributed by atoms with E-state index in [1.165, 1.54) is 0 Å². The molecule has 0 aliphatic rings. The molecule has 12 heavy (non-hydrogen) atoms. The zero-order valence-electron chi connectivity index (χ0n) is 6.14. The number of halogens is 2. The van der Waals surface area contributed by atoms with E-state index >= 15 is 0 Å². The number of hydrogen-bond donors (Lipinski definition) is 1. The Kier molecular flexibility index (Phi) is 2.07. The van der Waals surface area contributed by atoms with Crippen LogP contribution < -0.4 is 0 Å². The molecule has 2 heterocycles. The van der Waals surface area contributed by atoms with Crippen LogP contribution >= 0.6 is 27.5 Å². The summed E-state index contributed by atoms with van der Waals surface area (Å²) in [6.07, 6.45) is 3.56. The number of rotatable bonds is 1. The van der Waals surface area contributed by atoms with Crippen molar-refractivity contribution in [2.75, 3.05) is 0 Å². The van der Waals surface area contributed by atoms with E-state index in [1.54, 1.807) is 12.4 Å². The molecule has 0 bridgehead atoms. The first-order valence-corrected chi connectivity index (χ1v) is 4.81. The molecule has 2 aromatic heterocycles. The molecule has 2 aromatic rings. The van der Waals surface area contributed by atoms with Gasteiger partial charge in [0.1, 0.15) is 0 Å². The van der Waals surface area contributed by atoms with Gasteiger partial charge in [0, 0.05) is 21.7 Å². The van der Waals surface area contributed by atoms with Gasteiger partial charge in [0.25, 0.3) is 0 Å².